The molecule has 0 saturated carbocycles. The van der Waals surface area contributed by atoms with Gasteiger partial charge in [0.2, 0.25) is 0 Å². The Hall–Kier alpha value is -1.69. The Kier molecular flexibility index (Phi) is 3.99. The molecule has 15 heavy (non-hydrogen) atoms. The van der Waals surface area contributed by atoms with E-state index in [4.69, 9.17) is 14.7 Å². The lowest BCUT2D eigenvalue weighted by molar-refractivity contribution is 0.216. The first-order chi connectivity index (χ1) is 7.17. The molecule has 0 aliphatic heterocycles. The minimum atomic E-state index is -0.119. The number of nitrogens with zero attached hydrogens (tertiary/aromatic N) is 1. The SMILES string of the molecule is COc1cc(C)ccc1OC(C)CC#N. The van der Waals surface area contributed by atoms with Crippen LogP contribution in [0.15, 0.2) is 18.2 Å². The normalized spacial score (nSPS) is 11.6. The molecule has 0 amide bonds. The predicted octanol–water partition coefficient (Wildman–Crippen LogP) is 2.68. The number of benzene rings is 1. The molecule has 3 heteroatoms. The third kappa shape index (κ3) is 3.17. The van der Waals surface area contributed by atoms with Crippen LogP contribution in [0.2, 0.25) is 0 Å². The molecule has 0 N–H and O–H groups in total. The van der Waals surface area contributed by atoms with Gasteiger partial charge in [-0.05, 0) is 31.5 Å². The van der Waals surface area contributed by atoms with Crippen molar-refractivity contribution in [1.29, 1.82) is 5.26 Å². The zero-order valence-corrected chi connectivity index (χ0v) is 9.28. The van der Waals surface area contributed by atoms with Crippen molar-refractivity contribution in [2.45, 2.75) is 26.4 Å². The van der Waals surface area contributed by atoms with Gasteiger partial charge in [0.05, 0.1) is 19.6 Å². The summed E-state index contributed by atoms with van der Waals surface area (Å²) in [7, 11) is 1.61. The van der Waals surface area contributed by atoms with Gasteiger partial charge >= 0.3 is 0 Å². The Balaban J connectivity index is 2.81. The highest BCUT2D eigenvalue weighted by Crippen LogP contribution is 2.28. The van der Waals surface area contributed by atoms with E-state index in [0.29, 0.717) is 17.9 Å². The average Bonchev–Trinajstić information content (AvgIpc) is 2.21. The van der Waals surface area contributed by atoms with Crippen LogP contribution in [-0.2, 0) is 0 Å². The molecule has 1 aromatic carbocycles. The van der Waals surface area contributed by atoms with Gasteiger partial charge in [0.25, 0.3) is 0 Å². The largest absolute Gasteiger partial charge is 0.493 e. The molecule has 1 rings (SSSR count). The van der Waals surface area contributed by atoms with Crippen molar-refractivity contribution >= 4 is 0 Å². The molecule has 0 bridgehead atoms. The Labute approximate surface area is 90.2 Å². The number of hydrogen-bond acceptors (Lipinski definition) is 3. The molecule has 3 nitrogen and oxygen atoms in total. The first kappa shape index (κ1) is 11.4. The van der Waals surface area contributed by atoms with Gasteiger partial charge in [0.15, 0.2) is 11.5 Å². The highest BCUT2D eigenvalue weighted by Gasteiger charge is 2.08. The van der Waals surface area contributed by atoms with E-state index in [-0.39, 0.29) is 6.10 Å². The molecule has 1 atom stereocenters. The molecule has 1 aromatic rings. The summed E-state index contributed by atoms with van der Waals surface area (Å²) >= 11 is 0. The minimum Gasteiger partial charge on any atom is -0.493 e. The molecule has 0 aromatic heterocycles. The van der Waals surface area contributed by atoms with E-state index < -0.39 is 0 Å². The van der Waals surface area contributed by atoms with Crippen molar-refractivity contribution in [1.82, 2.24) is 0 Å². The molecule has 0 aliphatic carbocycles. The van der Waals surface area contributed by atoms with E-state index in [0.717, 1.165) is 5.56 Å². The Bertz CT molecular complexity index is 368. The van der Waals surface area contributed by atoms with E-state index in [9.17, 15) is 0 Å². The highest BCUT2D eigenvalue weighted by atomic mass is 16.5. The van der Waals surface area contributed by atoms with Gasteiger partial charge in [-0.2, -0.15) is 5.26 Å². The van der Waals surface area contributed by atoms with Gasteiger partial charge in [0.1, 0.15) is 6.10 Å². The van der Waals surface area contributed by atoms with Crippen molar-refractivity contribution < 1.29 is 9.47 Å². The van der Waals surface area contributed by atoms with Crippen LogP contribution in [0.4, 0.5) is 0 Å². The quantitative estimate of drug-likeness (QED) is 0.758. The lowest BCUT2D eigenvalue weighted by Crippen LogP contribution is -2.11. The maximum Gasteiger partial charge on any atom is 0.161 e. The third-order valence-electron chi connectivity index (χ3n) is 2.03. The van der Waals surface area contributed by atoms with Crippen molar-refractivity contribution in [2.75, 3.05) is 7.11 Å². The maximum atomic E-state index is 8.52. The van der Waals surface area contributed by atoms with Gasteiger partial charge in [-0.3, -0.25) is 0 Å². The molecule has 0 saturated heterocycles. The molecule has 0 fully saturated rings. The second-order valence-electron chi connectivity index (χ2n) is 3.45. The topological polar surface area (TPSA) is 42.2 Å². The second kappa shape index (κ2) is 5.26. The number of nitriles is 1. The fraction of sp³-hybridized carbons (Fsp3) is 0.417. The molecular formula is C12H15NO2. The molecule has 80 valence electrons. The smallest absolute Gasteiger partial charge is 0.161 e. The summed E-state index contributed by atoms with van der Waals surface area (Å²) in [6.45, 7) is 3.85. The molecule has 0 aliphatic rings. The van der Waals surface area contributed by atoms with Crippen molar-refractivity contribution in [2.24, 2.45) is 0 Å². The monoisotopic (exact) mass is 205 g/mol. The summed E-state index contributed by atoms with van der Waals surface area (Å²) in [6, 6.07) is 7.80. The van der Waals surface area contributed by atoms with Crippen LogP contribution in [0.1, 0.15) is 18.9 Å². The number of ether oxygens (including phenoxy) is 2. The van der Waals surface area contributed by atoms with Crippen molar-refractivity contribution in [3.63, 3.8) is 0 Å². The van der Waals surface area contributed by atoms with Crippen LogP contribution in [-0.4, -0.2) is 13.2 Å². The van der Waals surface area contributed by atoms with E-state index >= 15 is 0 Å². The highest BCUT2D eigenvalue weighted by molar-refractivity contribution is 5.42. The number of rotatable bonds is 4. The Morgan fingerprint density at radius 2 is 2.13 bits per heavy atom. The van der Waals surface area contributed by atoms with Crippen LogP contribution < -0.4 is 9.47 Å². The van der Waals surface area contributed by atoms with Gasteiger partial charge in [-0.25, -0.2) is 0 Å². The van der Waals surface area contributed by atoms with E-state index in [1.807, 2.05) is 32.0 Å². The summed E-state index contributed by atoms with van der Waals surface area (Å²) in [5.74, 6) is 1.39. The maximum absolute atomic E-state index is 8.52. The van der Waals surface area contributed by atoms with Crippen molar-refractivity contribution in [3.05, 3.63) is 23.8 Å². The summed E-state index contributed by atoms with van der Waals surface area (Å²) in [4.78, 5) is 0. The molecule has 0 heterocycles. The number of methoxy groups -OCH3 is 1. The second-order valence-corrected chi connectivity index (χ2v) is 3.45. The van der Waals surface area contributed by atoms with Gasteiger partial charge in [-0.1, -0.05) is 6.07 Å². The third-order valence-corrected chi connectivity index (χ3v) is 2.03. The van der Waals surface area contributed by atoms with Crippen molar-refractivity contribution in [3.8, 4) is 17.6 Å². The average molecular weight is 205 g/mol. The summed E-state index contributed by atoms with van der Waals surface area (Å²) in [6.07, 6.45) is 0.253. The Morgan fingerprint density at radius 1 is 1.40 bits per heavy atom. The number of hydrogen-bond donors (Lipinski definition) is 0. The van der Waals surface area contributed by atoms with Crippen LogP contribution in [0.3, 0.4) is 0 Å². The van der Waals surface area contributed by atoms with E-state index in [2.05, 4.69) is 6.07 Å². The van der Waals surface area contributed by atoms with Crippen LogP contribution in [0.25, 0.3) is 0 Å². The first-order valence-corrected chi connectivity index (χ1v) is 4.85. The van der Waals surface area contributed by atoms with Gasteiger partial charge < -0.3 is 9.47 Å². The first-order valence-electron chi connectivity index (χ1n) is 4.85. The molecular weight excluding hydrogens is 190 g/mol. The lowest BCUT2D eigenvalue weighted by Gasteiger charge is -2.14. The van der Waals surface area contributed by atoms with Crippen LogP contribution >= 0.6 is 0 Å². The van der Waals surface area contributed by atoms with Crippen LogP contribution in [0, 0.1) is 18.3 Å². The zero-order chi connectivity index (χ0) is 11.3. The van der Waals surface area contributed by atoms with Gasteiger partial charge in [-0.15, -0.1) is 0 Å². The Morgan fingerprint density at radius 3 is 2.73 bits per heavy atom. The summed E-state index contributed by atoms with van der Waals surface area (Å²) in [5.41, 5.74) is 1.12. The fourth-order valence-electron chi connectivity index (χ4n) is 1.26. The predicted molar refractivity (Wildman–Crippen MR) is 58.1 cm³/mol. The molecule has 0 radical (unpaired) electrons. The van der Waals surface area contributed by atoms with Gasteiger partial charge in [0, 0.05) is 0 Å². The zero-order valence-electron chi connectivity index (χ0n) is 9.28. The minimum absolute atomic E-state index is 0.119. The molecule has 1 unspecified atom stereocenters. The fourth-order valence-corrected chi connectivity index (χ4v) is 1.26. The number of aryl methyl sites for hydroxylation is 1. The lowest BCUT2D eigenvalue weighted by atomic mass is 10.2. The van der Waals surface area contributed by atoms with E-state index in [1.54, 1.807) is 7.11 Å². The van der Waals surface area contributed by atoms with E-state index in [1.165, 1.54) is 0 Å². The standard InChI is InChI=1S/C12H15NO2/c1-9-4-5-11(12(8-9)14-3)15-10(2)6-7-13/h4-5,8,10H,6H2,1-3H3. The summed E-state index contributed by atoms with van der Waals surface area (Å²) in [5, 5.41) is 8.52. The summed E-state index contributed by atoms with van der Waals surface area (Å²) < 4.78 is 10.8. The van der Waals surface area contributed by atoms with Crippen LogP contribution in [0.5, 0.6) is 11.5 Å². The molecule has 0 spiro atoms.